The van der Waals surface area contributed by atoms with E-state index in [2.05, 4.69) is 26.6 Å². The molecule has 0 spiro atoms. The van der Waals surface area contributed by atoms with E-state index < -0.39 is 6.03 Å². The number of hydrogen-bond donors (Lipinski definition) is 3. The Hall–Kier alpha value is -1.34. The van der Waals surface area contributed by atoms with Gasteiger partial charge in [0.15, 0.2) is 0 Å². The van der Waals surface area contributed by atoms with Crippen LogP contribution in [0.25, 0.3) is 0 Å². The lowest BCUT2D eigenvalue weighted by Crippen LogP contribution is -2.31. The molecule has 0 aromatic carbocycles. The van der Waals surface area contributed by atoms with E-state index in [4.69, 9.17) is 5.11 Å². The number of rotatable bonds is 3. The number of carbonyl (C=O) groups is 1. The fourth-order valence-corrected chi connectivity index (χ4v) is 1.61. The van der Waals surface area contributed by atoms with E-state index in [1.165, 1.54) is 16.8 Å². The number of halogens is 1. The van der Waals surface area contributed by atoms with Crippen molar-refractivity contribution in [3.8, 4) is 0 Å². The Kier molecular flexibility index (Phi) is 4.51. The Morgan fingerprint density at radius 3 is 2.88 bits per heavy atom. The minimum absolute atomic E-state index is 0.121. The molecule has 7 heteroatoms. The fraction of sp³-hybridized carbons (Fsp3) is 0.333. The summed E-state index contributed by atoms with van der Waals surface area (Å²) in [5, 5.41) is 13.5. The number of aromatic nitrogens is 1. The molecule has 0 bridgehead atoms. The third-order valence-electron chi connectivity index (χ3n) is 1.79. The first-order chi connectivity index (χ1) is 7.54. The molecular weight excluding hydrogens is 278 g/mol. The zero-order valence-electron chi connectivity index (χ0n) is 8.66. The molecule has 0 saturated heterocycles. The van der Waals surface area contributed by atoms with Crippen molar-refractivity contribution in [2.24, 2.45) is 7.05 Å². The van der Waals surface area contributed by atoms with Gasteiger partial charge in [0, 0.05) is 19.8 Å². The van der Waals surface area contributed by atoms with Gasteiger partial charge in [-0.05, 0) is 22.0 Å². The number of aliphatic hydroxyl groups excluding tert-OH is 1. The maximum absolute atomic E-state index is 11.3. The highest BCUT2D eigenvalue weighted by atomic mass is 79.9. The molecule has 16 heavy (non-hydrogen) atoms. The highest BCUT2D eigenvalue weighted by Crippen LogP contribution is 2.10. The minimum atomic E-state index is -0.431. The first-order valence-electron chi connectivity index (χ1n) is 4.56. The van der Waals surface area contributed by atoms with E-state index in [9.17, 15) is 9.59 Å². The van der Waals surface area contributed by atoms with Crippen molar-refractivity contribution < 1.29 is 9.90 Å². The van der Waals surface area contributed by atoms with E-state index in [1.807, 2.05) is 0 Å². The summed E-state index contributed by atoms with van der Waals surface area (Å²) in [7, 11) is 1.59. The molecule has 6 nitrogen and oxygen atoms in total. The number of nitrogens with one attached hydrogen (secondary N) is 2. The highest BCUT2D eigenvalue weighted by Gasteiger charge is 2.04. The molecule has 0 aliphatic carbocycles. The van der Waals surface area contributed by atoms with Crippen LogP contribution in [0.3, 0.4) is 0 Å². The second-order valence-corrected chi connectivity index (χ2v) is 3.95. The summed E-state index contributed by atoms with van der Waals surface area (Å²) in [4.78, 5) is 22.6. The van der Waals surface area contributed by atoms with Crippen LogP contribution in [0.5, 0.6) is 0 Å². The number of amides is 2. The fourth-order valence-electron chi connectivity index (χ4n) is 1.08. The molecule has 1 aromatic heterocycles. The monoisotopic (exact) mass is 289 g/mol. The van der Waals surface area contributed by atoms with Crippen LogP contribution in [0.15, 0.2) is 21.5 Å². The summed E-state index contributed by atoms with van der Waals surface area (Å²) in [5.41, 5.74) is 0.311. The van der Waals surface area contributed by atoms with Crippen molar-refractivity contribution in [2.45, 2.75) is 0 Å². The number of aliphatic hydroxyl groups is 1. The van der Waals surface area contributed by atoms with Crippen LogP contribution in [-0.2, 0) is 7.05 Å². The average Bonchev–Trinajstić information content (AvgIpc) is 2.23. The molecule has 0 unspecified atom stereocenters. The molecule has 2 amide bonds. The molecule has 0 atom stereocenters. The van der Waals surface area contributed by atoms with Gasteiger partial charge in [-0.2, -0.15) is 0 Å². The molecule has 1 rings (SSSR count). The predicted molar refractivity (Wildman–Crippen MR) is 63.5 cm³/mol. The third-order valence-corrected chi connectivity index (χ3v) is 2.36. The Balaban J connectivity index is 2.75. The standard InChI is InChI=1S/C9H12BrN3O3/c1-13-5-6(4-7(10)8(13)15)12-9(16)11-2-3-14/h4-5,14H,2-3H2,1H3,(H2,11,12,16). The number of carbonyl (C=O) groups excluding carboxylic acids is 1. The van der Waals surface area contributed by atoms with E-state index in [1.54, 1.807) is 7.05 Å². The van der Waals surface area contributed by atoms with E-state index >= 15 is 0 Å². The summed E-state index contributed by atoms with van der Waals surface area (Å²) in [5.74, 6) is 0. The first-order valence-corrected chi connectivity index (χ1v) is 5.36. The van der Waals surface area contributed by atoms with Crippen molar-refractivity contribution >= 4 is 27.6 Å². The number of nitrogens with zero attached hydrogens (tertiary/aromatic N) is 1. The van der Waals surface area contributed by atoms with Crippen LogP contribution < -0.4 is 16.2 Å². The van der Waals surface area contributed by atoms with Gasteiger partial charge in [-0.15, -0.1) is 0 Å². The van der Waals surface area contributed by atoms with E-state index in [0.717, 1.165) is 0 Å². The van der Waals surface area contributed by atoms with Gasteiger partial charge in [0.1, 0.15) is 0 Å². The number of aryl methyl sites for hydroxylation is 1. The number of urea groups is 1. The zero-order valence-corrected chi connectivity index (χ0v) is 10.2. The van der Waals surface area contributed by atoms with Gasteiger partial charge in [-0.1, -0.05) is 0 Å². The van der Waals surface area contributed by atoms with Gasteiger partial charge in [0.05, 0.1) is 16.8 Å². The summed E-state index contributed by atoms with van der Waals surface area (Å²) in [6.07, 6.45) is 1.51. The average molecular weight is 290 g/mol. The van der Waals surface area contributed by atoms with Crippen molar-refractivity contribution in [3.63, 3.8) is 0 Å². The lowest BCUT2D eigenvalue weighted by Gasteiger charge is -2.08. The number of anilines is 1. The lowest BCUT2D eigenvalue weighted by molar-refractivity contribution is 0.245. The minimum Gasteiger partial charge on any atom is -0.395 e. The third kappa shape index (κ3) is 3.35. The Labute approximate surface area is 100 Å². The summed E-state index contributed by atoms with van der Waals surface area (Å²) < 4.78 is 1.72. The number of hydrogen-bond acceptors (Lipinski definition) is 3. The molecule has 3 N–H and O–H groups in total. The topological polar surface area (TPSA) is 83.4 Å². The smallest absolute Gasteiger partial charge is 0.319 e. The normalized spacial score (nSPS) is 9.94. The van der Waals surface area contributed by atoms with Gasteiger partial charge in [-0.25, -0.2) is 4.79 Å². The Bertz CT molecular complexity index is 418. The van der Waals surface area contributed by atoms with Crippen LogP contribution >= 0.6 is 15.9 Å². The summed E-state index contributed by atoms with van der Waals surface area (Å²) in [6.45, 7) is 0.0587. The zero-order chi connectivity index (χ0) is 12.1. The molecule has 0 saturated carbocycles. The summed E-state index contributed by atoms with van der Waals surface area (Å²) >= 11 is 3.09. The largest absolute Gasteiger partial charge is 0.395 e. The molecule has 0 radical (unpaired) electrons. The molecule has 1 heterocycles. The Morgan fingerprint density at radius 2 is 2.31 bits per heavy atom. The van der Waals surface area contributed by atoms with Gasteiger partial charge >= 0.3 is 6.03 Å². The molecule has 1 aromatic rings. The van der Waals surface area contributed by atoms with E-state index in [0.29, 0.717) is 10.2 Å². The van der Waals surface area contributed by atoms with Crippen molar-refractivity contribution in [1.82, 2.24) is 9.88 Å². The van der Waals surface area contributed by atoms with Crippen LogP contribution in [0.1, 0.15) is 0 Å². The van der Waals surface area contributed by atoms with Gasteiger partial charge in [0.2, 0.25) is 0 Å². The van der Waals surface area contributed by atoms with Crippen LogP contribution in [0.4, 0.5) is 10.5 Å². The highest BCUT2D eigenvalue weighted by molar-refractivity contribution is 9.10. The summed E-state index contributed by atoms with van der Waals surface area (Å²) in [6, 6.07) is 1.08. The number of pyridine rings is 1. The van der Waals surface area contributed by atoms with Crippen LogP contribution in [-0.4, -0.2) is 28.9 Å². The Morgan fingerprint density at radius 1 is 1.62 bits per heavy atom. The molecular formula is C9H12BrN3O3. The van der Waals surface area contributed by atoms with Crippen molar-refractivity contribution in [2.75, 3.05) is 18.5 Å². The molecule has 88 valence electrons. The maximum Gasteiger partial charge on any atom is 0.319 e. The molecule has 0 fully saturated rings. The van der Waals surface area contributed by atoms with Crippen LogP contribution in [0, 0.1) is 0 Å². The van der Waals surface area contributed by atoms with Crippen molar-refractivity contribution in [3.05, 3.63) is 27.1 Å². The first kappa shape index (κ1) is 12.7. The predicted octanol–water partition coefficient (Wildman–Crippen LogP) is 0.262. The quantitative estimate of drug-likeness (QED) is 0.746. The van der Waals surface area contributed by atoms with Gasteiger partial charge < -0.3 is 20.3 Å². The molecule has 0 aliphatic heterocycles. The lowest BCUT2D eigenvalue weighted by atomic mass is 10.4. The van der Waals surface area contributed by atoms with Gasteiger partial charge in [-0.3, -0.25) is 4.79 Å². The second-order valence-electron chi connectivity index (χ2n) is 3.10. The van der Waals surface area contributed by atoms with Crippen molar-refractivity contribution in [1.29, 1.82) is 0 Å². The second kappa shape index (κ2) is 5.66. The van der Waals surface area contributed by atoms with Gasteiger partial charge in [0.25, 0.3) is 5.56 Å². The van der Waals surface area contributed by atoms with Crippen LogP contribution in [0.2, 0.25) is 0 Å². The SMILES string of the molecule is Cn1cc(NC(=O)NCCO)cc(Br)c1=O. The molecule has 0 aliphatic rings. The maximum atomic E-state index is 11.3. The van der Waals surface area contributed by atoms with E-state index in [-0.39, 0.29) is 18.7 Å².